The smallest absolute Gasteiger partial charge is 0.270 e. The lowest BCUT2D eigenvalue weighted by atomic mass is 10.2. The zero-order chi connectivity index (χ0) is 18.1. The number of carbonyl (C=O) groups is 1. The third kappa shape index (κ3) is 3.10. The van der Waals surface area contributed by atoms with E-state index in [4.69, 9.17) is 9.47 Å². The molecule has 1 fully saturated rings. The molecule has 2 N–H and O–H groups in total. The van der Waals surface area contributed by atoms with Crippen molar-refractivity contribution in [1.82, 2.24) is 9.88 Å². The van der Waals surface area contributed by atoms with E-state index in [9.17, 15) is 13.2 Å². The molecule has 0 spiro atoms. The maximum absolute atomic E-state index is 12.7. The van der Waals surface area contributed by atoms with Gasteiger partial charge in [-0.2, -0.15) is 0 Å². The number of nitrogens with one attached hydrogen (secondary N) is 2. The number of fused-ring (bicyclic) bond motifs is 1. The van der Waals surface area contributed by atoms with Crippen molar-refractivity contribution in [3.63, 3.8) is 0 Å². The monoisotopic (exact) mass is 377 g/mol. The lowest BCUT2D eigenvalue weighted by Gasteiger charge is -2.21. The number of para-hydroxylation sites is 1. The number of hydrogen-bond acceptors (Lipinski definition) is 5. The summed E-state index contributed by atoms with van der Waals surface area (Å²) in [6.07, 6.45) is 3.26. The number of rotatable bonds is 4. The molecule has 3 heterocycles. The zero-order valence-electron chi connectivity index (χ0n) is 14.0. The number of aromatic nitrogens is 1. The van der Waals surface area contributed by atoms with Crippen LogP contribution in [-0.2, 0) is 10.0 Å². The van der Waals surface area contributed by atoms with Crippen LogP contribution in [0.4, 0.5) is 5.69 Å². The molecule has 2 aliphatic heterocycles. The fourth-order valence-electron chi connectivity index (χ4n) is 3.10. The van der Waals surface area contributed by atoms with Crippen molar-refractivity contribution in [2.45, 2.75) is 17.7 Å². The Bertz CT molecular complexity index is 932. The summed E-state index contributed by atoms with van der Waals surface area (Å²) in [5, 5.41) is 0. The van der Waals surface area contributed by atoms with Gasteiger partial charge in [0.15, 0.2) is 11.5 Å². The van der Waals surface area contributed by atoms with Gasteiger partial charge in [-0.25, -0.2) is 8.42 Å². The topological polar surface area (TPSA) is 101 Å². The van der Waals surface area contributed by atoms with Crippen molar-refractivity contribution >= 4 is 21.6 Å². The Hall–Kier alpha value is -2.68. The van der Waals surface area contributed by atoms with Gasteiger partial charge in [-0.05, 0) is 31.0 Å². The van der Waals surface area contributed by atoms with Crippen LogP contribution in [0.3, 0.4) is 0 Å². The van der Waals surface area contributed by atoms with Gasteiger partial charge in [-0.1, -0.05) is 6.07 Å². The van der Waals surface area contributed by atoms with Gasteiger partial charge in [0.25, 0.3) is 15.9 Å². The summed E-state index contributed by atoms with van der Waals surface area (Å²) < 4.78 is 38.9. The maximum atomic E-state index is 12.7. The molecule has 8 nitrogen and oxygen atoms in total. The van der Waals surface area contributed by atoms with Crippen LogP contribution in [0.2, 0.25) is 0 Å². The van der Waals surface area contributed by atoms with Crippen molar-refractivity contribution < 1.29 is 22.7 Å². The lowest BCUT2D eigenvalue weighted by molar-refractivity contribution is 0.0787. The van der Waals surface area contributed by atoms with E-state index in [2.05, 4.69) is 9.71 Å². The van der Waals surface area contributed by atoms with E-state index in [0.29, 0.717) is 43.5 Å². The van der Waals surface area contributed by atoms with Gasteiger partial charge in [0.1, 0.15) is 23.8 Å². The lowest BCUT2D eigenvalue weighted by Crippen LogP contribution is -2.27. The van der Waals surface area contributed by atoms with E-state index in [1.165, 1.54) is 12.3 Å². The zero-order valence-corrected chi connectivity index (χ0v) is 14.8. The maximum Gasteiger partial charge on any atom is 0.270 e. The first-order valence-corrected chi connectivity index (χ1v) is 9.92. The standard InChI is InChI=1S/C17H19N3O5S/c21-17(20-6-1-2-7-20)14-10-12(11-18-14)26(22,23)19-13-4-3-5-15-16(13)25-9-8-24-15/h3-5,10-11,18-19H,1-2,6-9H2. The number of nitrogens with zero attached hydrogens (tertiary/aromatic N) is 1. The van der Waals surface area contributed by atoms with Crippen LogP contribution < -0.4 is 14.2 Å². The predicted octanol–water partition coefficient (Wildman–Crippen LogP) is 1.82. The van der Waals surface area contributed by atoms with Gasteiger partial charge >= 0.3 is 0 Å². The highest BCUT2D eigenvalue weighted by Crippen LogP contribution is 2.38. The molecule has 0 atom stereocenters. The normalized spacial score (nSPS) is 16.5. The Balaban J connectivity index is 1.57. The van der Waals surface area contributed by atoms with Crippen molar-refractivity contribution in [2.75, 3.05) is 31.0 Å². The third-order valence-corrected chi connectivity index (χ3v) is 5.75. The molecule has 0 radical (unpaired) electrons. The van der Waals surface area contributed by atoms with Gasteiger partial charge in [-0.3, -0.25) is 9.52 Å². The SMILES string of the molecule is O=C(c1cc(S(=O)(=O)Nc2cccc3c2OCCO3)c[nH]1)N1CCCC1. The fraction of sp³-hybridized carbons (Fsp3) is 0.353. The minimum atomic E-state index is -3.87. The molecule has 138 valence electrons. The number of benzene rings is 1. The van der Waals surface area contributed by atoms with Gasteiger partial charge < -0.3 is 19.4 Å². The molecule has 4 rings (SSSR count). The first-order chi connectivity index (χ1) is 12.5. The van der Waals surface area contributed by atoms with E-state index in [-0.39, 0.29) is 16.5 Å². The van der Waals surface area contributed by atoms with E-state index < -0.39 is 10.0 Å². The highest BCUT2D eigenvalue weighted by Gasteiger charge is 2.25. The second-order valence-corrected chi connectivity index (χ2v) is 7.87. The van der Waals surface area contributed by atoms with Crippen LogP contribution >= 0.6 is 0 Å². The van der Waals surface area contributed by atoms with Gasteiger partial charge in [-0.15, -0.1) is 0 Å². The first kappa shape index (κ1) is 16.8. The molecule has 2 aromatic rings. The molecule has 1 aromatic carbocycles. The number of anilines is 1. The van der Waals surface area contributed by atoms with E-state index in [1.807, 2.05) is 0 Å². The van der Waals surface area contributed by atoms with E-state index >= 15 is 0 Å². The van der Waals surface area contributed by atoms with Crippen molar-refractivity contribution in [3.8, 4) is 11.5 Å². The summed E-state index contributed by atoms with van der Waals surface area (Å²) in [5.74, 6) is 0.680. The molecule has 2 aliphatic rings. The second kappa shape index (κ2) is 6.56. The van der Waals surface area contributed by atoms with Crippen LogP contribution in [0.15, 0.2) is 35.4 Å². The highest BCUT2D eigenvalue weighted by molar-refractivity contribution is 7.92. The molecule has 26 heavy (non-hydrogen) atoms. The molecule has 0 saturated carbocycles. The number of aromatic amines is 1. The quantitative estimate of drug-likeness (QED) is 0.846. The Morgan fingerprint density at radius 1 is 1.15 bits per heavy atom. The number of amides is 1. The van der Waals surface area contributed by atoms with Gasteiger partial charge in [0.2, 0.25) is 0 Å². The Labute approximate surface area is 151 Å². The van der Waals surface area contributed by atoms with Crippen molar-refractivity contribution in [2.24, 2.45) is 0 Å². The predicted molar refractivity (Wildman–Crippen MR) is 94.2 cm³/mol. The number of H-pyrrole nitrogens is 1. The summed E-state index contributed by atoms with van der Waals surface area (Å²) in [5.41, 5.74) is 0.567. The molecular formula is C17H19N3O5S. The van der Waals surface area contributed by atoms with Crippen LogP contribution in [-0.4, -0.2) is 50.5 Å². The Morgan fingerprint density at radius 2 is 1.92 bits per heavy atom. The van der Waals surface area contributed by atoms with Gasteiger partial charge in [0.05, 0.1) is 5.69 Å². The van der Waals surface area contributed by atoms with Crippen LogP contribution in [0.5, 0.6) is 11.5 Å². The average molecular weight is 377 g/mol. The van der Waals surface area contributed by atoms with Crippen LogP contribution in [0, 0.1) is 0 Å². The molecule has 0 unspecified atom stereocenters. The Kier molecular flexibility index (Phi) is 4.23. The molecule has 1 saturated heterocycles. The third-order valence-electron chi connectivity index (χ3n) is 4.40. The second-order valence-electron chi connectivity index (χ2n) is 6.18. The summed E-state index contributed by atoms with van der Waals surface area (Å²) in [6, 6.07) is 6.37. The van der Waals surface area contributed by atoms with Gasteiger partial charge in [0, 0.05) is 19.3 Å². The summed E-state index contributed by atoms with van der Waals surface area (Å²) in [4.78, 5) is 16.9. The summed E-state index contributed by atoms with van der Waals surface area (Å²) in [6.45, 7) is 2.17. The average Bonchev–Trinajstić information content (AvgIpc) is 3.33. The minimum Gasteiger partial charge on any atom is -0.486 e. The number of sulfonamides is 1. The minimum absolute atomic E-state index is 0.00521. The Morgan fingerprint density at radius 3 is 2.73 bits per heavy atom. The molecule has 0 aliphatic carbocycles. The molecule has 9 heteroatoms. The van der Waals surface area contributed by atoms with Crippen molar-refractivity contribution in [1.29, 1.82) is 0 Å². The largest absolute Gasteiger partial charge is 0.486 e. The van der Waals surface area contributed by atoms with Crippen molar-refractivity contribution in [3.05, 3.63) is 36.2 Å². The number of likely N-dealkylation sites (tertiary alicyclic amines) is 1. The first-order valence-electron chi connectivity index (χ1n) is 8.44. The molecule has 0 bridgehead atoms. The van der Waals surface area contributed by atoms with E-state index in [0.717, 1.165) is 12.8 Å². The number of ether oxygens (including phenoxy) is 2. The molecule has 1 amide bonds. The number of carbonyl (C=O) groups excluding carboxylic acids is 1. The van der Waals surface area contributed by atoms with Crippen LogP contribution in [0.1, 0.15) is 23.3 Å². The molecular weight excluding hydrogens is 358 g/mol. The van der Waals surface area contributed by atoms with E-state index in [1.54, 1.807) is 23.1 Å². The highest BCUT2D eigenvalue weighted by atomic mass is 32.2. The van der Waals surface area contributed by atoms with Crippen LogP contribution in [0.25, 0.3) is 0 Å². The fourth-order valence-corrected chi connectivity index (χ4v) is 4.16. The molecule has 1 aromatic heterocycles. The summed E-state index contributed by atoms with van der Waals surface area (Å²) in [7, 11) is -3.87. The number of hydrogen-bond donors (Lipinski definition) is 2. The summed E-state index contributed by atoms with van der Waals surface area (Å²) >= 11 is 0.